The number of aliphatic carboxylic acids is 4. The molecule has 9 heteroatoms. The van der Waals surface area contributed by atoms with E-state index >= 15 is 0 Å². The van der Waals surface area contributed by atoms with Gasteiger partial charge in [-0.2, -0.15) is 0 Å². The Hall–Kier alpha value is -1.84. The summed E-state index contributed by atoms with van der Waals surface area (Å²) in [5, 5.41) is 31.2. The van der Waals surface area contributed by atoms with Crippen molar-refractivity contribution in [2.75, 3.05) is 0 Å². The van der Waals surface area contributed by atoms with Crippen molar-refractivity contribution in [3.05, 3.63) is 24.3 Å². The van der Waals surface area contributed by atoms with Crippen LogP contribution in [0.2, 0.25) is 4.44 Å². The maximum absolute atomic E-state index is 9.55. The van der Waals surface area contributed by atoms with E-state index in [4.69, 9.17) is 20.4 Å². The van der Waals surface area contributed by atoms with Gasteiger partial charge in [-0.3, -0.25) is 0 Å². The van der Waals surface area contributed by atoms with Gasteiger partial charge < -0.3 is 20.4 Å². The molecule has 21 heavy (non-hydrogen) atoms. The molecule has 0 spiro atoms. The molecule has 0 fully saturated rings. The monoisotopic (exact) mass is 410 g/mol. The van der Waals surface area contributed by atoms with Gasteiger partial charge >= 0.3 is 70.6 Å². The number of carboxylic acids is 4. The van der Waals surface area contributed by atoms with Crippen molar-refractivity contribution in [1.82, 2.24) is 0 Å². The third-order valence-electron chi connectivity index (χ3n) is 1.29. The largest absolute Gasteiger partial charge is 0.478 e. The fraction of sp³-hybridized carbons (Fsp3) is 0.333. The molecule has 0 atom stereocenters. The number of hydrogen-bond acceptors (Lipinski definition) is 4. The van der Waals surface area contributed by atoms with Crippen molar-refractivity contribution in [2.45, 2.75) is 24.2 Å². The van der Waals surface area contributed by atoms with Gasteiger partial charge in [0.1, 0.15) is 0 Å². The number of hydrogen-bond donors (Lipinski definition) is 4. The Bertz CT molecular complexity index is 319. The van der Waals surface area contributed by atoms with E-state index in [9.17, 15) is 19.2 Å². The van der Waals surface area contributed by atoms with Gasteiger partial charge in [-0.25, -0.2) is 19.2 Å². The van der Waals surface area contributed by atoms with E-state index in [-0.39, 0.29) is 0 Å². The van der Waals surface area contributed by atoms with Crippen molar-refractivity contribution >= 4 is 46.4 Å². The van der Waals surface area contributed by atoms with E-state index in [1.54, 1.807) is 0 Å². The summed E-state index contributed by atoms with van der Waals surface area (Å²) in [5.41, 5.74) is 0. The first kappa shape index (κ1) is 24.2. The van der Waals surface area contributed by atoms with E-state index in [1.165, 1.54) is 39.8 Å². The fourth-order valence-electron chi connectivity index (χ4n) is 0.489. The summed E-state index contributed by atoms with van der Waals surface area (Å²) < 4.78 is 1.47. The van der Waals surface area contributed by atoms with Crippen LogP contribution in [0.5, 0.6) is 0 Å². The van der Waals surface area contributed by atoms with E-state index in [0.717, 1.165) is 0 Å². The molecule has 0 aliphatic rings. The summed E-state index contributed by atoms with van der Waals surface area (Å²) in [7, 11) is 0. The molecule has 0 aromatic carbocycles. The number of unbranched alkanes of at least 4 members (excludes halogenated alkanes) is 1. The third-order valence-corrected chi connectivity index (χ3v) is 2.46. The summed E-state index contributed by atoms with van der Waals surface area (Å²) in [6.07, 6.45) is 5.05. The maximum Gasteiger partial charge on any atom is 0.328 e. The van der Waals surface area contributed by atoms with Crippen molar-refractivity contribution < 1.29 is 39.6 Å². The molecular formula is C12H18O8Sn. The smallest absolute Gasteiger partial charge is 0.328 e. The summed E-state index contributed by atoms with van der Waals surface area (Å²) in [6, 6.07) is 0. The number of carboxylic acid groups (broad SMARTS) is 4. The first-order chi connectivity index (χ1) is 9.67. The van der Waals surface area contributed by atoms with Crippen LogP contribution in [0.15, 0.2) is 24.3 Å². The molecule has 0 aliphatic heterocycles. The van der Waals surface area contributed by atoms with Gasteiger partial charge in [-0.1, -0.05) is 0 Å². The van der Waals surface area contributed by atoms with Gasteiger partial charge in [-0.05, 0) is 0 Å². The molecule has 0 aliphatic carbocycles. The molecule has 0 bridgehead atoms. The SMILES string of the molecule is CCC[CH2][SnH].O=C(O)/C=C\C(=O)O.O=C(O)/C=C\C(=O)O. The van der Waals surface area contributed by atoms with E-state index < -0.39 is 23.9 Å². The molecule has 0 heterocycles. The van der Waals surface area contributed by atoms with Crippen LogP contribution in [-0.4, -0.2) is 66.8 Å². The molecular weight excluding hydrogens is 391 g/mol. The summed E-state index contributed by atoms with van der Waals surface area (Å²) in [6.45, 7) is 2.23. The minimum atomic E-state index is -1.26. The molecule has 4 N–H and O–H groups in total. The summed E-state index contributed by atoms with van der Waals surface area (Å²) >= 11 is 1.45. The standard InChI is InChI=1S/2C4H4O4.C4H9.Sn.H/c2*5-3(6)1-2-4(7)8;1-3-4-2;;/h2*1-2H,(H,5,6)(H,7,8);1,3-4H2,2H3;;/b2*2-1-;;;. The van der Waals surface area contributed by atoms with Gasteiger partial charge in [0.2, 0.25) is 0 Å². The second kappa shape index (κ2) is 18.2. The molecule has 0 unspecified atom stereocenters. The van der Waals surface area contributed by atoms with Crippen LogP contribution >= 0.6 is 0 Å². The van der Waals surface area contributed by atoms with Crippen LogP contribution in [0.3, 0.4) is 0 Å². The minimum absolute atomic E-state index is 0.558. The summed E-state index contributed by atoms with van der Waals surface area (Å²) in [4.78, 5) is 38.2. The molecule has 0 rings (SSSR count). The molecule has 118 valence electrons. The average molecular weight is 409 g/mol. The zero-order valence-electron chi connectivity index (χ0n) is 11.4. The quantitative estimate of drug-likeness (QED) is 0.367. The third kappa shape index (κ3) is 45.9. The van der Waals surface area contributed by atoms with Gasteiger partial charge in [-0.15, -0.1) is 0 Å². The Kier molecular flexibility index (Phi) is 20.9. The number of rotatable bonds is 6. The Morgan fingerprint density at radius 1 is 0.762 bits per heavy atom. The van der Waals surface area contributed by atoms with Crippen molar-refractivity contribution in [3.8, 4) is 0 Å². The Morgan fingerprint density at radius 3 is 1.05 bits per heavy atom. The van der Waals surface area contributed by atoms with E-state index in [2.05, 4.69) is 6.92 Å². The van der Waals surface area contributed by atoms with Gasteiger partial charge in [0.25, 0.3) is 0 Å². The van der Waals surface area contributed by atoms with Crippen LogP contribution in [0.25, 0.3) is 0 Å². The zero-order valence-corrected chi connectivity index (χ0v) is 14.7. The second-order valence-corrected chi connectivity index (χ2v) is 4.81. The van der Waals surface area contributed by atoms with Crippen molar-refractivity contribution in [3.63, 3.8) is 0 Å². The Labute approximate surface area is 134 Å². The molecule has 0 saturated heterocycles. The fourth-order valence-corrected chi connectivity index (χ4v) is 1.65. The summed E-state index contributed by atoms with van der Waals surface area (Å²) in [5.74, 6) is -5.03. The molecule has 8 nitrogen and oxygen atoms in total. The molecule has 2 radical (unpaired) electrons. The molecule has 0 aromatic rings. The molecule has 0 amide bonds. The van der Waals surface area contributed by atoms with Crippen LogP contribution in [0.4, 0.5) is 0 Å². The molecule has 0 aromatic heterocycles. The van der Waals surface area contributed by atoms with Crippen LogP contribution in [-0.2, 0) is 19.2 Å². The van der Waals surface area contributed by atoms with Crippen LogP contribution < -0.4 is 0 Å². The normalized spacial score (nSPS) is 9.24. The van der Waals surface area contributed by atoms with Gasteiger partial charge in [0.05, 0.1) is 0 Å². The predicted molar refractivity (Wildman–Crippen MR) is 75.7 cm³/mol. The van der Waals surface area contributed by atoms with Crippen molar-refractivity contribution in [2.24, 2.45) is 0 Å². The minimum Gasteiger partial charge on any atom is -0.478 e. The average Bonchev–Trinajstić information content (AvgIpc) is 2.36. The van der Waals surface area contributed by atoms with Gasteiger partial charge in [0, 0.05) is 24.3 Å². The maximum atomic E-state index is 9.55. The first-order valence-electron chi connectivity index (χ1n) is 5.65. The zero-order chi connectivity index (χ0) is 17.3. The second-order valence-electron chi connectivity index (χ2n) is 3.16. The topological polar surface area (TPSA) is 149 Å². The van der Waals surface area contributed by atoms with E-state index in [1.807, 2.05) is 0 Å². The first-order valence-corrected chi connectivity index (χ1v) is 7.98. The van der Waals surface area contributed by atoms with Crippen LogP contribution in [0.1, 0.15) is 19.8 Å². The van der Waals surface area contributed by atoms with Gasteiger partial charge in [0.15, 0.2) is 0 Å². The number of carbonyl (C=O) groups is 4. The van der Waals surface area contributed by atoms with Crippen LogP contribution in [0, 0.1) is 0 Å². The Morgan fingerprint density at radius 2 is 1.00 bits per heavy atom. The van der Waals surface area contributed by atoms with Crippen molar-refractivity contribution in [1.29, 1.82) is 0 Å². The van der Waals surface area contributed by atoms with E-state index in [0.29, 0.717) is 24.3 Å². The molecule has 0 saturated carbocycles. The predicted octanol–water partition coefficient (Wildman–Crippen LogP) is 0.529. The Balaban J connectivity index is -0.000000239.